The fourth-order valence-corrected chi connectivity index (χ4v) is 2.92. The predicted octanol–water partition coefficient (Wildman–Crippen LogP) is 2.06. The van der Waals surface area contributed by atoms with Crippen molar-refractivity contribution in [2.75, 3.05) is 7.11 Å². The highest BCUT2D eigenvalue weighted by atomic mass is 16.5. The zero-order valence-corrected chi connectivity index (χ0v) is 14.4. The van der Waals surface area contributed by atoms with Gasteiger partial charge in [0.1, 0.15) is 5.75 Å². The lowest BCUT2D eigenvalue weighted by Gasteiger charge is -2.09. The standard InChI is InChI=1S/C19H21N3O3/c1-21-15-8-4-5-9-16(15)22(19(21)24)12-11-18(23)20-13-14-7-3-6-10-17(14)25-2/h3-10H,11-13H2,1-2H3,(H,20,23). The number of fused-ring (bicyclic) bond motifs is 1. The molecule has 1 N–H and O–H groups in total. The van der Waals surface area contributed by atoms with E-state index in [1.54, 1.807) is 23.3 Å². The molecule has 0 aliphatic carbocycles. The summed E-state index contributed by atoms with van der Waals surface area (Å²) in [6.45, 7) is 0.741. The third kappa shape index (κ3) is 3.42. The van der Waals surface area contributed by atoms with Crippen LogP contribution in [0.3, 0.4) is 0 Å². The van der Waals surface area contributed by atoms with Crippen LogP contribution in [-0.2, 0) is 24.9 Å². The molecule has 130 valence electrons. The van der Waals surface area contributed by atoms with Crippen LogP contribution in [-0.4, -0.2) is 22.2 Å². The lowest BCUT2D eigenvalue weighted by molar-refractivity contribution is -0.121. The van der Waals surface area contributed by atoms with Gasteiger partial charge in [0.15, 0.2) is 0 Å². The fraction of sp³-hybridized carbons (Fsp3) is 0.263. The maximum atomic E-state index is 12.3. The van der Waals surface area contributed by atoms with Gasteiger partial charge in [-0.3, -0.25) is 13.9 Å². The van der Waals surface area contributed by atoms with Crippen molar-refractivity contribution in [1.82, 2.24) is 14.5 Å². The van der Waals surface area contributed by atoms with Crippen LogP contribution in [0.15, 0.2) is 53.3 Å². The quantitative estimate of drug-likeness (QED) is 0.747. The van der Waals surface area contributed by atoms with Crippen molar-refractivity contribution in [1.29, 1.82) is 0 Å². The Labute approximate surface area is 145 Å². The smallest absolute Gasteiger partial charge is 0.328 e. The second-order valence-corrected chi connectivity index (χ2v) is 5.82. The van der Waals surface area contributed by atoms with E-state index in [-0.39, 0.29) is 18.0 Å². The van der Waals surface area contributed by atoms with Crippen LogP contribution in [0.4, 0.5) is 0 Å². The number of aromatic nitrogens is 2. The normalized spacial score (nSPS) is 10.8. The highest BCUT2D eigenvalue weighted by molar-refractivity contribution is 5.78. The number of nitrogens with zero attached hydrogens (tertiary/aromatic N) is 2. The van der Waals surface area contributed by atoms with Gasteiger partial charge in [0, 0.05) is 32.1 Å². The van der Waals surface area contributed by atoms with Crippen LogP contribution in [0.5, 0.6) is 5.75 Å². The van der Waals surface area contributed by atoms with Gasteiger partial charge in [-0.1, -0.05) is 30.3 Å². The number of nitrogens with one attached hydrogen (secondary N) is 1. The molecule has 25 heavy (non-hydrogen) atoms. The van der Waals surface area contributed by atoms with E-state index in [0.717, 1.165) is 22.3 Å². The third-order valence-electron chi connectivity index (χ3n) is 4.28. The number of methoxy groups -OCH3 is 1. The molecule has 2 aromatic carbocycles. The summed E-state index contributed by atoms with van der Waals surface area (Å²) in [6, 6.07) is 15.1. The van der Waals surface area contributed by atoms with Gasteiger partial charge >= 0.3 is 5.69 Å². The molecule has 0 spiro atoms. The van der Waals surface area contributed by atoms with Gasteiger partial charge in [-0.15, -0.1) is 0 Å². The molecule has 0 unspecified atom stereocenters. The number of para-hydroxylation sites is 3. The number of imidazole rings is 1. The molecule has 1 aromatic heterocycles. The molecule has 6 nitrogen and oxygen atoms in total. The molecule has 0 saturated heterocycles. The molecule has 0 bridgehead atoms. The Kier molecular flexibility index (Phi) is 4.88. The van der Waals surface area contributed by atoms with Gasteiger partial charge in [0.05, 0.1) is 18.1 Å². The average molecular weight is 339 g/mol. The molecule has 0 fully saturated rings. The summed E-state index contributed by atoms with van der Waals surface area (Å²) in [5, 5.41) is 2.88. The van der Waals surface area contributed by atoms with Gasteiger partial charge in [-0.05, 0) is 18.2 Å². The number of hydrogen-bond acceptors (Lipinski definition) is 3. The van der Waals surface area contributed by atoms with E-state index in [2.05, 4.69) is 5.32 Å². The molecule has 0 aliphatic rings. The number of benzene rings is 2. The van der Waals surface area contributed by atoms with Crippen molar-refractivity contribution in [3.63, 3.8) is 0 Å². The van der Waals surface area contributed by atoms with Crippen LogP contribution in [0.1, 0.15) is 12.0 Å². The number of carbonyl (C=O) groups excluding carboxylic acids is 1. The molecule has 0 atom stereocenters. The number of carbonyl (C=O) groups is 1. The molecule has 0 radical (unpaired) electrons. The Morgan fingerprint density at radius 1 is 1.08 bits per heavy atom. The first kappa shape index (κ1) is 16.8. The SMILES string of the molecule is COc1ccccc1CNC(=O)CCn1c(=O)n(C)c2ccccc21. The molecule has 3 rings (SSSR count). The van der Waals surface area contributed by atoms with Crippen LogP contribution in [0, 0.1) is 0 Å². The minimum Gasteiger partial charge on any atom is -0.496 e. The lowest BCUT2D eigenvalue weighted by atomic mass is 10.2. The number of aryl methyl sites for hydroxylation is 2. The van der Waals surface area contributed by atoms with Gasteiger partial charge in [0.2, 0.25) is 5.91 Å². The molecular formula is C19H21N3O3. The zero-order chi connectivity index (χ0) is 17.8. The van der Waals surface area contributed by atoms with Crippen molar-refractivity contribution in [2.45, 2.75) is 19.5 Å². The van der Waals surface area contributed by atoms with Crippen molar-refractivity contribution in [3.05, 3.63) is 64.6 Å². The third-order valence-corrected chi connectivity index (χ3v) is 4.28. The molecule has 0 saturated carbocycles. The fourth-order valence-electron chi connectivity index (χ4n) is 2.92. The Morgan fingerprint density at radius 3 is 2.52 bits per heavy atom. The molecule has 1 heterocycles. The van der Waals surface area contributed by atoms with E-state index >= 15 is 0 Å². The first-order chi connectivity index (χ1) is 12.1. The van der Waals surface area contributed by atoms with Crippen molar-refractivity contribution in [3.8, 4) is 5.75 Å². The second kappa shape index (κ2) is 7.25. The number of ether oxygens (including phenoxy) is 1. The topological polar surface area (TPSA) is 65.3 Å². The van der Waals surface area contributed by atoms with Gasteiger partial charge in [-0.25, -0.2) is 4.79 Å². The maximum absolute atomic E-state index is 12.3. The predicted molar refractivity (Wildman–Crippen MR) is 96.6 cm³/mol. The molecule has 0 aliphatic heterocycles. The maximum Gasteiger partial charge on any atom is 0.328 e. The van der Waals surface area contributed by atoms with Crippen LogP contribution in [0.2, 0.25) is 0 Å². The molecular weight excluding hydrogens is 318 g/mol. The zero-order valence-electron chi connectivity index (χ0n) is 14.4. The van der Waals surface area contributed by atoms with E-state index < -0.39 is 0 Å². The summed E-state index contributed by atoms with van der Waals surface area (Å²) in [5.74, 6) is 0.638. The molecule has 3 aromatic rings. The van der Waals surface area contributed by atoms with E-state index in [9.17, 15) is 9.59 Å². The minimum absolute atomic E-state index is 0.106. The Balaban J connectivity index is 1.65. The number of rotatable bonds is 6. The van der Waals surface area contributed by atoms with Crippen molar-refractivity contribution < 1.29 is 9.53 Å². The van der Waals surface area contributed by atoms with Crippen LogP contribution < -0.4 is 15.7 Å². The van der Waals surface area contributed by atoms with Gasteiger partial charge in [0.25, 0.3) is 0 Å². The summed E-state index contributed by atoms with van der Waals surface area (Å²) in [4.78, 5) is 24.5. The Hall–Kier alpha value is -3.02. The number of hydrogen-bond donors (Lipinski definition) is 1. The number of amides is 1. The second-order valence-electron chi connectivity index (χ2n) is 5.82. The van der Waals surface area contributed by atoms with Gasteiger partial charge in [-0.2, -0.15) is 0 Å². The van der Waals surface area contributed by atoms with E-state index in [4.69, 9.17) is 4.74 Å². The van der Waals surface area contributed by atoms with Crippen LogP contribution in [0.25, 0.3) is 11.0 Å². The van der Waals surface area contributed by atoms with Crippen molar-refractivity contribution >= 4 is 16.9 Å². The summed E-state index contributed by atoms with van der Waals surface area (Å²) >= 11 is 0. The van der Waals surface area contributed by atoms with E-state index in [0.29, 0.717) is 13.1 Å². The first-order valence-electron chi connectivity index (χ1n) is 8.14. The van der Waals surface area contributed by atoms with E-state index in [1.165, 1.54) is 0 Å². The summed E-state index contributed by atoms with van der Waals surface area (Å²) in [6.07, 6.45) is 0.239. The van der Waals surface area contributed by atoms with Crippen molar-refractivity contribution in [2.24, 2.45) is 7.05 Å². The highest BCUT2D eigenvalue weighted by Crippen LogP contribution is 2.16. The average Bonchev–Trinajstić information content (AvgIpc) is 2.89. The van der Waals surface area contributed by atoms with Gasteiger partial charge < -0.3 is 10.1 Å². The first-order valence-corrected chi connectivity index (χ1v) is 8.14. The van der Waals surface area contributed by atoms with E-state index in [1.807, 2.05) is 48.5 Å². The largest absolute Gasteiger partial charge is 0.496 e. The highest BCUT2D eigenvalue weighted by Gasteiger charge is 2.11. The minimum atomic E-state index is -0.112. The molecule has 6 heteroatoms. The Morgan fingerprint density at radius 2 is 1.76 bits per heavy atom. The Bertz CT molecular complexity index is 956. The lowest BCUT2D eigenvalue weighted by Crippen LogP contribution is -2.27. The summed E-state index contributed by atoms with van der Waals surface area (Å²) in [7, 11) is 3.34. The monoisotopic (exact) mass is 339 g/mol. The summed E-state index contributed by atoms with van der Waals surface area (Å²) in [5.41, 5.74) is 2.51. The molecule has 1 amide bonds. The summed E-state index contributed by atoms with van der Waals surface area (Å²) < 4.78 is 8.51. The van der Waals surface area contributed by atoms with Crippen LogP contribution >= 0.6 is 0 Å².